The number of amides is 2. The number of carbonyl (C=O) groups is 2. The molecule has 1 aliphatic rings. The molecule has 0 saturated heterocycles. The molecule has 1 saturated carbocycles. The van der Waals surface area contributed by atoms with Gasteiger partial charge in [0.1, 0.15) is 6.04 Å². The highest BCUT2D eigenvalue weighted by atomic mass is 79.9. The highest BCUT2D eigenvalue weighted by Gasteiger charge is 2.31. The molecular formula is C31H33BrCl2N2O2S. The number of nitrogens with zero attached hydrogens (tertiary/aromatic N) is 1. The van der Waals surface area contributed by atoms with Crippen molar-refractivity contribution in [2.75, 3.05) is 5.75 Å². The van der Waals surface area contributed by atoms with Gasteiger partial charge in [0.15, 0.2) is 0 Å². The van der Waals surface area contributed by atoms with Gasteiger partial charge >= 0.3 is 0 Å². The molecular weight excluding hydrogens is 615 g/mol. The number of hydrogen-bond acceptors (Lipinski definition) is 3. The maximum atomic E-state index is 13.8. The predicted octanol–water partition coefficient (Wildman–Crippen LogP) is 8.08. The lowest BCUT2D eigenvalue weighted by molar-refractivity contribution is -0.139. The zero-order chi connectivity index (χ0) is 27.6. The number of hydrogen-bond donors (Lipinski definition) is 1. The number of carbonyl (C=O) groups excluding carboxylic acids is 2. The van der Waals surface area contributed by atoms with Crippen molar-refractivity contribution >= 4 is 62.7 Å². The molecule has 0 aliphatic heterocycles. The molecule has 2 amide bonds. The number of halogens is 3. The monoisotopic (exact) mass is 646 g/mol. The summed E-state index contributed by atoms with van der Waals surface area (Å²) in [5.41, 5.74) is 3.00. The first kappa shape index (κ1) is 30.0. The van der Waals surface area contributed by atoms with E-state index in [4.69, 9.17) is 23.2 Å². The first-order valence-electron chi connectivity index (χ1n) is 13.3. The molecule has 1 fully saturated rings. The van der Waals surface area contributed by atoms with Crippen LogP contribution < -0.4 is 5.32 Å². The minimum atomic E-state index is -0.615. The van der Waals surface area contributed by atoms with E-state index in [1.165, 1.54) is 18.2 Å². The Bertz CT molecular complexity index is 1240. The van der Waals surface area contributed by atoms with Gasteiger partial charge in [0.05, 0.1) is 15.8 Å². The van der Waals surface area contributed by atoms with Crippen LogP contribution in [0.5, 0.6) is 0 Å². The Labute approximate surface area is 254 Å². The molecule has 0 aromatic heterocycles. The summed E-state index contributed by atoms with van der Waals surface area (Å²) in [6, 6.07) is 22.9. The highest BCUT2D eigenvalue weighted by molar-refractivity contribution is 9.10. The first-order valence-corrected chi connectivity index (χ1v) is 16.0. The Balaban J connectivity index is 1.55. The van der Waals surface area contributed by atoms with E-state index < -0.39 is 6.04 Å². The summed E-state index contributed by atoms with van der Waals surface area (Å²) in [6.45, 7) is 0.356. The molecule has 0 bridgehead atoms. The van der Waals surface area contributed by atoms with Gasteiger partial charge in [-0.25, -0.2) is 0 Å². The van der Waals surface area contributed by atoms with Crippen LogP contribution in [-0.4, -0.2) is 34.6 Å². The molecule has 39 heavy (non-hydrogen) atoms. The smallest absolute Gasteiger partial charge is 0.243 e. The summed E-state index contributed by atoms with van der Waals surface area (Å²) >= 11 is 17.2. The standard InChI is InChI=1S/C31H33BrCl2N2O2S/c32-25-14-11-23(12-15-25)19-36(30(37)21-39-20-24-13-16-27(33)28(34)17-24)29(18-22-7-3-1-4-8-22)31(38)35-26-9-5-2-6-10-26/h1,3-4,7-8,11-17,26,29H,2,5-6,9-10,18-21H2,(H,35,38). The topological polar surface area (TPSA) is 49.4 Å². The van der Waals surface area contributed by atoms with Crippen molar-refractivity contribution < 1.29 is 9.59 Å². The maximum absolute atomic E-state index is 13.8. The van der Waals surface area contributed by atoms with Gasteiger partial charge in [0.25, 0.3) is 0 Å². The predicted molar refractivity (Wildman–Crippen MR) is 166 cm³/mol. The number of rotatable bonds is 11. The average molecular weight is 648 g/mol. The second-order valence-corrected chi connectivity index (χ2v) is 12.7. The van der Waals surface area contributed by atoms with Gasteiger partial charge in [-0.2, -0.15) is 0 Å². The lowest BCUT2D eigenvalue weighted by Crippen LogP contribution is -2.53. The second-order valence-electron chi connectivity index (χ2n) is 9.94. The van der Waals surface area contributed by atoms with Crippen molar-refractivity contribution in [3.8, 4) is 0 Å². The van der Waals surface area contributed by atoms with Crippen LogP contribution in [0, 0.1) is 0 Å². The average Bonchev–Trinajstić information content (AvgIpc) is 2.94. The molecule has 0 spiro atoms. The fourth-order valence-electron chi connectivity index (χ4n) is 4.85. The number of benzene rings is 3. The van der Waals surface area contributed by atoms with E-state index in [-0.39, 0.29) is 23.6 Å². The van der Waals surface area contributed by atoms with Crippen LogP contribution in [0.2, 0.25) is 10.0 Å². The molecule has 0 radical (unpaired) electrons. The molecule has 4 rings (SSSR count). The van der Waals surface area contributed by atoms with Crippen molar-refractivity contribution in [1.29, 1.82) is 0 Å². The van der Waals surface area contributed by atoms with Crippen LogP contribution in [0.3, 0.4) is 0 Å². The van der Waals surface area contributed by atoms with E-state index in [1.54, 1.807) is 11.0 Å². The summed E-state index contributed by atoms with van der Waals surface area (Å²) in [6.07, 6.45) is 5.90. The van der Waals surface area contributed by atoms with Gasteiger partial charge in [-0.1, -0.05) is 107 Å². The van der Waals surface area contributed by atoms with Gasteiger partial charge in [-0.15, -0.1) is 11.8 Å². The Morgan fingerprint density at radius 3 is 2.28 bits per heavy atom. The third-order valence-corrected chi connectivity index (χ3v) is 9.22. The van der Waals surface area contributed by atoms with E-state index in [2.05, 4.69) is 21.2 Å². The van der Waals surface area contributed by atoms with Gasteiger partial charge in [0.2, 0.25) is 11.8 Å². The van der Waals surface area contributed by atoms with Crippen LogP contribution in [-0.2, 0) is 28.3 Å². The van der Waals surface area contributed by atoms with Gasteiger partial charge in [0, 0.05) is 29.2 Å². The summed E-state index contributed by atoms with van der Waals surface area (Å²) in [4.78, 5) is 29.4. The third kappa shape index (κ3) is 9.28. The van der Waals surface area contributed by atoms with Crippen LogP contribution in [0.15, 0.2) is 77.3 Å². The minimum Gasteiger partial charge on any atom is -0.352 e. The third-order valence-electron chi connectivity index (χ3n) is 6.97. The molecule has 4 nitrogen and oxygen atoms in total. The largest absolute Gasteiger partial charge is 0.352 e. The molecule has 1 aliphatic carbocycles. The van der Waals surface area contributed by atoms with Gasteiger partial charge in [-0.05, 0) is 53.8 Å². The molecule has 206 valence electrons. The van der Waals surface area contributed by atoms with Crippen molar-refractivity contribution in [2.24, 2.45) is 0 Å². The lowest BCUT2D eigenvalue weighted by atomic mass is 9.94. The number of thioether (sulfide) groups is 1. The zero-order valence-electron chi connectivity index (χ0n) is 21.8. The zero-order valence-corrected chi connectivity index (χ0v) is 25.7. The molecule has 3 aromatic rings. The van der Waals surface area contributed by atoms with E-state index in [0.29, 0.717) is 28.8 Å². The normalized spacial score (nSPS) is 14.5. The Kier molecular flexibility index (Phi) is 11.6. The summed E-state index contributed by atoms with van der Waals surface area (Å²) in [5, 5.41) is 4.30. The summed E-state index contributed by atoms with van der Waals surface area (Å²) in [5.74, 6) is 0.721. The molecule has 1 unspecified atom stereocenters. The van der Waals surface area contributed by atoms with Crippen LogP contribution in [0.1, 0.15) is 48.8 Å². The maximum Gasteiger partial charge on any atom is 0.243 e. The fraction of sp³-hybridized carbons (Fsp3) is 0.355. The van der Waals surface area contributed by atoms with Crippen LogP contribution in [0.25, 0.3) is 0 Å². The molecule has 1 atom stereocenters. The Hall–Kier alpha value is -1.99. The molecule has 3 aromatic carbocycles. The SMILES string of the molecule is O=C(NC1CCCCC1)C(Cc1ccccc1)N(Cc1ccc(Br)cc1)C(=O)CSCc1ccc(Cl)c(Cl)c1. The number of nitrogens with one attached hydrogen (secondary N) is 1. The quantitative estimate of drug-likeness (QED) is 0.229. The minimum absolute atomic E-state index is 0.0669. The highest BCUT2D eigenvalue weighted by Crippen LogP contribution is 2.26. The second kappa shape index (κ2) is 15.1. The van der Waals surface area contributed by atoms with Gasteiger partial charge in [-0.3, -0.25) is 9.59 Å². The molecule has 0 heterocycles. The fourth-order valence-corrected chi connectivity index (χ4v) is 6.30. The van der Waals surface area contributed by atoms with Crippen LogP contribution >= 0.6 is 50.9 Å². The van der Waals surface area contributed by atoms with E-state index in [0.717, 1.165) is 46.8 Å². The van der Waals surface area contributed by atoms with E-state index in [1.807, 2.05) is 66.7 Å². The van der Waals surface area contributed by atoms with Crippen LogP contribution in [0.4, 0.5) is 0 Å². The van der Waals surface area contributed by atoms with E-state index in [9.17, 15) is 9.59 Å². The Morgan fingerprint density at radius 1 is 0.897 bits per heavy atom. The lowest BCUT2D eigenvalue weighted by Gasteiger charge is -2.33. The van der Waals surface area contributed by atoms with Gasteiger partial charge < -0.3 is 10.2 Å². The van der Waals surface area contributed by atoms with E-state index >= 15 is 0 Å². The van der Waals surface area contributed by atoms with Crippen molar-refractivity contribution in [2.45, 2.75) is 62.9 Å². The van der Waals surface area contributed by atoms with Crippen molar-refractivity contribution in [3.05, 3.63) is 104 Å². The van der Waals surface area contributed by atoms with Crippen molar-refractivity contribution in [3.63, 3.8) is 0 Å². The van der Waals surface area contributed by atoms with Crippen molar-refractivity contribution in [1.82, 2.24) is 10.2 Å². The summed E-state index contributed by atoms with van der Waals surface area (Å²) < 4.78 is 0.970. The molecule has 8 heteroatoms. The first-order chi connectivity index (χ1) is 18.9. The Morgan fingerprint density at radius 2 is 1.59 bits per heavy atom. The summed E-state index contributed by atoms with van der Waals surface area (Å²) in [7, 11) is 0. The molecule has 1 N–H and O–H groups in total.